The van der Waals surface area contributed by atoms with Crippen molar-refractivity contribution in [2.75, 3.05) is 38.1 Å². The van der Waals surface area contributed by atoms with E-state index in [1.807, 2.05) is 56.3 Å². The third-order valence-corrected chi connectivity index (χ3v) is 9.67. The van der Waals surface area contributed by atoms with Gasteiger partial charge < -0.3 is 10.1 Å². The predicted octanol–water partition coefficient (Wildman–Crippen LogP) is 5.94. The minimum absolute atomic E-state index is 0.0491. The quantitative estimate of drug-likeness (QED) is 0.207. The molecule has 1 aliphatic rings. The number of nitrogens with one attached hydrogen (secondary N) is 2. The molecule has 1 fully saturated rings. The van der Waals surface area contributed by atoms with Crippen molar-refractivity contribution in [1.29, 1.82) is 0 Å². The summed E-state index contributed by atoms with van der Waals surface area (Å²) in [6.07, 6.45) is 0. The number of hydrogen-bond donors (Lipinski definition) is 2. The van der Waals surface area contributed by atoms with Crippen LogP contribution in [-0.2, 0) is 10.0 Å². The largest absolute Gasteiger partial charge is 0.492 e. The highest BCUT2D eigenvalue weighted by Gasteiger charge is 2.32. The van der Waals surface area contributed by atoms with Gasteiger partial charge in [0.1, 0.15) is 5.75 Å². The Morgan fingerprint density at radius 3 is 1.93 bits per heavy atom. The van der Waals surface area contributed by atoms with E-state index in [0.717, 1.165) is 0 Å². The van der Waals surface area contributed by atoms with Crippen molar-refractivity contribution < 1.29 is 17.9 Å². The minimum atomic E-state index is -3.69. The van der Waals surface area contributed by atoms with Gasteiger partial charge in [0, 0.05) is 31.9 Å². The number of benzene rings is 4. The molecule has 4 aromatic rings. The average Bonchev–Trinajstić information content (AvgIpc) is 3.05. The van der Waals surface area contributed by atoms with Gasteiger partial charge in [-0.15, -0.1) is 0 Å². The van der Waals surface area contributed by atoms with Crippen molar-refractivity contribution in [3.05, 3.63) is 126 Å². The maximum atomic E-state index is 13.6. The lowest BCUT2D eigenvalue weighted by Gasteiger charge is -2.39. The number of thiocarbonyl (C=S) groups is 1. The average molecular weight is 643 g/mol. The van der Waals surface area contributed by atoms with Crippen molar-refractivity contribution >= 4 is 38.9 Å². The maximum Gasteiger partial charge on any atom is 0.261 e. The number of ether oxygens (including phenoxy) is 1. The van der Waals surface area contributed by atoms with E-state index in [1.54, 1.807) is 46.8 Å². The molecule has 0 aliphatic carbocycles. The van der Waals surface area contributed by atoms with Gasteiger partial charge in [-0.2, -0.15) is 4.31 Å². The maximum absolute atomic E-state index is 13.6. The van der Waals surface area contributed by atoms with Crippen LogP contribution in [0.15, 0.2) is 114 Å². The molecule has 10 heteroatoms. The van der Waals surface area contributed by atoms with Crippen LogP contribution in [0, 0.1) is 5.92 Å². The number of anilines is 1. The lowest BCUT2D eigenvalue weighted by molar-refractivity contribution is 0.0973. The zero-order valence-electron chi connectivity index (χ0n) is 25.4. The summed E-state index contributed by atoms with van der Waals surface area (Å²) in [6.45, 7) is 6.53. The van der Waals surface area contributed by atoms with Gasteiger partial charge in [0.25, 0.3) is 5.91 Å². The molecule has 1 aliphatic heterocycles. The zero-order valence-corrected chi connectivity index (χ0v) is 27.1. The summed E-state index contributed by atoms with van der Waals surface area (Å²) >= 11 is 5.36. The molecule has 4 aromatic carbocycles. The third-order valence-electron chi connectivity index (χ3n) is 7.55. The monoisotopic (exact) mass is 642 g/mol. The number of nitrogens with zero attached hydrogens (tertiary/aromatic N) is 2. The van der Waals surface area contributed by atoms with Crippen LogP contribution in [0.3, 0.4) is 0 Å². The Kier molecular flexibility index (Phi) is 10.6. The first kappa shape index (κ1) is 32.3. The fourth-order valence-electron chi connectivity index (χ4n) is 5.32. The van der Waals surface area contributed by atoms with Gasteiger partial charge in [-0.1, -0.05) is 86.6 Å². The first-order valence-corrected chi connectivity index (χ1v) is 16.9. The number of carbonyl (C=O) groups excluding carboxylic acids is 1. The fourth-order valence-corrected chi connectivity index (χ4v) is 6.95. The van der Waals surface area contributed by atoms with E-state index in [-0.39, 0.29) is 16.0 Å². The van der Waals surface area contributed by atoms with Crippen LogP contribution in [0.1, 0.15) is 41.4 Å². The van der Waals surface area contributed by atoms with Gasteiger partial charge in [0.05, 0.1) is 23.1 Å². The minimum Gasteiger partial charge on any atom is -0.492 e. The van der Waals surface area contributed by atoms with Gasteiger partial charge >= 0.3 is 0 Å². The van der Waals surface area contributed by atoms with E-state index < -0.39 is 15.9 Å². The SMILES string of the molecule is CC(C)COc1ccccc1C(=O)NC(=S)Nc1ccc(S(=O)(=O)N2CCN(C(c3ccccc3)c3ccccc3)CC2)cc1. The topological polar surface area (TPSA) is 91.0 Å². The first-order valence-electron chi connectivity index (χ1n) is 15.0. The highest BCUT2D eigenvalue weighted by molar-refractivity contribution is 7.89. The summed E-state index contributed by atoms with van der Waals surface area (Å²) in [7, 11) is -3.69. The molecule has 0 spiro atoms. The number of rotatable bonds is 10. The second-order valence-corrected chi connectivity index (χ2v) is 13.6. The molecule has 0 atom stereocenters. The summed E-state index contributed by atoms with van der Waals surface area (Å²) in [5.74, 6) is 0.399. The van der Waals surface area contributed by atoms with Crippen molar-refractivity contribution in [2.45, 2.75) is 24.8 Å². The standard InChI is InChI=1S/C35H38N4O4S2/c1-26(2)25-43-32-16-10-9-15-31(32)34(40)37-35(44)36-29-17-19-30(20-18-29)45(41,42)39-23-21-38(22-24-39)33(27-11-5-3-6-12-27)28-13-7-4-8-14-28/h3-20,26,33H,21-25H2,1-2H3,(H2,36,37,40,44). The normalized spacial score (nSPS) is 14.3. The third kappa shape index (κ3) is 8.15. The van der Waals surface area contributed by atoms with Crippen molar-refractivity contribution in [1.82, 2.24) is 14.5 Å². The van der Waals surface area contributed by atoms with Gasteiger partial charge in [-0.05, 0) is 65.7 Å². The van der Waals surface area contributed by atoms with E-state index in [2.05, 4.69) is 39.8 Å². The molecule has 1 heterocycles. The summed E-state index contributed by atoms with van der Waals surface area (Å²) in [6, 6.07) is 34.1. The number of sulfonamides is 1. The predicted molar refractivity (Wildman–Crippen MR) is 182 cm³/mol. The number of amides is 1. The second kappa shape index (κ2) is 14.8. The van der Waals surface area contributed by atoms with E-state index in [4.69, 9.17) is 17.0 Å². The number of carbonyl (C=O) groups is 1. The highest BCUT2D eigenvalue weighted by atomic mass is 32.2. The van der Waals surface area contributed by atoms with Crippen molar-refractivity contribution in [3.63, 3.8) is 0 Å². The number of hydrogen-bond acceptors (Lipinski definition) is 6. The molecule has 5 rings (SSSR count). The Bertz CT molecular complexity index is 1650. The molecule has 0 bridgehead atoms. The van der Waals surface area contributed by atoms with E-state index in [0.29, 0.717) is 55.7 Å². The Balaban J connectivity index is 1.19. The molecule has 8 nitrogen and oxygen atoms in total. The van der Waals surface area contributed by atoms with E-state index in [9.17, 15) is 13.2 Å². The number of para-hydroxylation sites is 1. The zero-order chi connectivity index (χ0) is 31.8. The fraction of sp³-hybridized carbons (Fsp3) is 0.257. The van der Waals surface area contributed by atoms with Gasteiger partial charge in [-0.25, -0.2) is 8.42 Å². The molecule has 2 N–H and O–H groups in total. The summed E-state index contributed by atoms with van der Waals surface area (Å²) in [5, 5.41) is 5.73. The van der Waals surface area contributed by atoms with Crippen LogP contribution < -0.4 is 15.4 Å². The molecule has 45 heavy (non-hydrogen) atoms. The van der Waals surface area contributed by atoms with Crippen LogP contribution in [0.5, 0.6) is 5.75 Å². The lowest BCUT2D eigenvalue weighted by Crippen LogP contribution is -2.49. The summed E-state index contributed by atoms with van der Waals surface area (Å²) in [4.78, 5) is 15.4. The molecular formula is C35H38N4O4S2. The summed E-state index contributed by atoms with van der Waals surface area (Å²) < 4.78 is 34.4. The Hall–Kier alpha value is -4.09. The van der Waals surface area contributed by atoms with Crippen LogP contribution in [0.2, 0.25) is 0 Å². The van der Waals surface area contributed by atoms with E-state index >= 15 is 0 Å². The molecule has 234 valence electrons. The molecule has 1 saturated heterocycles. The second-order valence-electron chi connectivity index (χ2n) is 11.3. The Morgan fingerprint density at radius 2 is 1.36 bits per heavy atom. The molecular weight excluding hydrogens is 605 g/mol. The Labute approximate surface area is 271 Å². The molecule has 0 unspecified atom stereocenters. The highest BCUT2D eigenvalue weighted by Crippen LogP contribution is 2.30. The van der Waals surface area contributed by atoms with Gasteiger partial charge in [0.15, 0.2) is 5.11 Å². The van der Waals surface area contributed by atoms with Crippen molar-refractivity contribution in [2.24, 2.45) is 5.92 Å². The van der Waals surface area contributed by atoms with Gasteiger partial charge in [-0.3, -0.25) is 15.0 Å². The first-order chi connectivity index (χ1) is 21.7. The van der Waals surface area contributed by atoms with Crippen LogP contribution in [0.25, 0.3) is 0 Å². The van der Waals surface area contributed by atoms with Crippen LogP contribution in [0.4, 0.5) is 5.69 Å². The van der Waals surface area contributed by atoms with Crippen LogP contribution >= 0.6 is 12.2 Å². The number of piperazine rings is 1. The molecule has 0 saturated carbocycles. The molecule has 1 amide bonds. The smallest absolute Gasteiger partial charge is 0.261 e. The molecule has 0 radical (unpaired) electrons. The van der Waals surface area contributed by atoms with Crippen LogP contribution in [-0.4, -0.2) is 61.4 Å². The van der Waals surface area contributed by atoms with Gasteiger partial charge in [0.2, 0.25) is 10.0 Å². The summed E-state index contributed by atoms with van der Waals surface area (Å²) in [5.41, 5.74) is 3.30. The van der Waals surface area contributed by atoms with Crippen molar-refractivity contribution in [3.8, 4) is 5.75 Å². The van der Waals surface area contributed by atoms with E-state index in [1.165, 1.54) is 11.1 Å². The molecule has 0 aromatic heterocycles. The Morgan fingerprint density at radius 1 is 0.800 bits per heavy atom. The lowest BCUT2D eigenvalue weighted by atomic mass is 9.96.